The lowest BCUT2D eigenvalue weighted by Gasteiger charge is -2.12. The molecule has 2 nitrogen and oxygen atoms in total. The van der Waals surface area contributed by atoms with E-state index in [-0.39, 0.29) is 5.43 Å². The van der Waals surface area contributed by atoms with Crippen molar-refractivity contribution in [3.63, 3.8) is 0 Å². The summed E-state index contributed by atoms with van der Waals surface area (Å²) in [6.07, 6.45) is 0. The Morgan fingerprint density at radius 2 is 1.45 bits per heavy atom. The minimum atomic E-state index is 0.111. The van der Waals surface area contributed by atoms with E-state index in [1.165, 1.54) is 0 Å². The van der Waals surface area contributed by atoms with E-state index in [9.17, 15) is 4.79 Å². The molecule has 0 spiro atoms. The lowest BCUT2D eigenvalue weighted by atomic mass is 10.0. The maximum Gasteiger partial charge on any atom is 0.197 e. The molecule has 96 valence electrons. The van der Waals surface area contributed by atoms with Crippen molar-refractivity contribution in [2.24, 2.45) is 7.05 Å². The molecular formula is C18H13NO. The summed E-state index contributed by atoms with van der Waals surface area (Å²) in [6, 6.07) is 19.9. The van der Waals surface area contributed by atoms with E-state index in [2.05, 4.69) is 16.7 Å². The molecule has 4 rings (SSSR count). The Morgan fingerprint density at radius 1 is 0.750 bits per heavy atom. The number of aryl methyl sites for hydroxylation is 1. The van der Waals surface area contributed by atoms with Gasteiger partial charge in [-0.1, -0.05) is 42.5 Å². The second kappa shape index (κ2) is 3.94. The number of pyridine rings is 1. The molecule has 0 saturated heterocycles. The molecule has 20 heavy (non-hydrogen) atoms. The molecule has 0 aliphatic rings. The van der Waals surface area contributed by atoms with Crippen molar-refractivity contribution in [2.75, 3.05) is 0 Å². The van der Waals surface area contributed by atoms with E-state index >= 15 is 0 Å². The molecule has 2 heteroatoms. The number of hydrogen-bond acceptors (Lipinski definition) is 1. The van der Waals surface area contributed by atoms with Crippen molar-refractivity contribution in [1.29, 1.82) is 0 Å². The third kappa shape index (κ3) is 1.36. The summed E-state index contributed by atoms with van der Waals surface area (Å²) in [5.41, 5.74) is 2.09. The highest BCUT2D eigenvalue weighted by atomic mass is 16.1. The van der Waals surface area contributed by atoms with Crippen LogP contribution in [0.2, 0.25) is 0 Å². The van der Waals surface area contributed by atoms with Gasteiger partial charge in [-0.05, 0) is 23.6 Å². The maximum atomic E-state index is 12.7. The average molecular weight is 259 g/mol. The van der Waals surface area contributed by atoms with Gasteiger partial charge in [-0.2, -0.15) is 0 Å². The first-order valence-electron chi connectivity index (χ1n) is 6.66. The zero-order valence-corrected chi connectivity index (χ0v) is 11.1. The molecule has 0 bridgehead atoms. The SMILES string of the molecule is Cn1c2ccccc2c(=O)c2ccc3ccccc3c21. The van der Waals surface area contributed by atoms with Crippen LogP contribution in [0, 0.1) is 0 Å². The fraction of sp³-hybridized carbons (Fsp3) is 0.0556. The van der Waals surface area contributed by atoms with E-state index in [0.29, 0.717) is 0 Å². The van der Waals surface area contributed by atoms with Crippen molar-refractivity contribution < 1.29 is 0 Å². The fourth-order valence-electron chi connectivity index (χ4n) is 3.02. The monoisotopic (exact) mass is 259 g/mol. The predicted molar refractivity (Wildman–Crippen MR) is 84.2 cm³/mol. The molecular weight excluding hydrogens is 246 g/mol. The average Bonchev–Trinajstić information content (AvgIpc) is 2.51. The molecule has 0 fully saturated rings. The minimum absolute atomic E-state index is 0.111. The lowest BCUT2D eigenvalue weighted by Crippen LogP contribution is -2.09. The number of benzene rings is 3. The van der Waals surface area contributed by atoms with Gasteiger partial charge in [0.15, 0.2) is 5.43 Å². The largest absolute Gasteiger partial charge is 0.343 e. The molecule has 0 N–H and O–H groups in total. The van der Waals surface area contributed by atoms with Crippen LogP contribution in [0.4, 0.5) is 0 Å². The maximum absolute atomic E-state index is 12.7. The van der Waals surface area contributed by atoms with Crippen molar-refractivity contribution in [2.45, 2.75) is 0 Å². The molecule has 0 radical (unpaired) electrons. The normalized spacial score (nSPS) is 11.4. The molecule has 0 unspecified atom stereocenters. The number of hydrogen-bond donors (Lipinski definition) is 0. The second-order valence-electron chi connectivity index (χ2n) is 5.09. The highest BCUT2D eigenvalue weighted by Crippen LogP contribution is 2.25. The van der Waals surface area contributed by atoms with Gasteiger partial charge in [0.2, 0.25) is 0 Å². The smallest absolute Gasteiger partial charge is 0.197 e. The Bertz CT molecular complexity index is 1030. The van der Waals surface area contributed by atoms with Crippen LogP contribution in [0.5, 0.6) is 0 Å². The molecule has 0 aliphatic carbocycles. The van der Waals surface area contributed by atoms with Gasteiger partial charge in [-0.15, -0.1) is 0 Å². The fourth-order valence-corrected chi connectivity index (χ4v) is 3.02. The molecule has 0 saturated carbocycles. The summed E-state index contributed by atoms with van der Waals surface area (Å²) >= 11 is 0. The predicted octanol–water partition coefficient (Wildman–Crippen LogP) is 3.84. The molecule has 0 atom stereocenters. The number of para-hydroxylation sites is 1. The second-order valence-corrected chi connectivity index (χ2v) is 5.09. The molecule has 1 aromatic heterocycles. The summed E-state index contributed by atoms with van der Waals surface area (Å²) < 4.78 is 2.12. The molecule has 4 aromatic rings. The summed E-state index contributed by atoms with van der Waals surface area (Å²) in [5, 5.41) is 3.84. The first-order valence-corrected chi connectivity index (χ1v) is 6.66. The third-order valence-electron chi connectivity index (χ3n) is 3.99. The number of nitrogens with zero attached hydrogens (tertiary/aromatic N) is 1. The zero-order chi connectivity index (χ0) is 13.7. The number of aromatic nitrogens is 1. The molecule has 1 heterocycles. The summed E-state index contributed by atoms with van der Waals surface area (Å²) in [4.78, 5) is 12.7. The highest BCUT2D eigenvalue weighted by Gasteiger charge is 2.10. The summed E-state index contributed by atoms with van der Waals surface area (Å²) in [7, 11) is 2.02. The topological polar surface area (TPSA) is 22.0 Å². The van der Waals surface area contributed by atoms with Crippen LogP contribution < -0.4 is 5.43 Å². The standard InChI is InChI=1S/C18H13NO/c1-19-16-9-5-4-8-14(16)18(20)15-11-10-12-6-2-3-7-13(12)17(15)19/h2-11H,1H3. The van der Waals surface area contributed by atoms with Gasteiger partial charge in [0.25, 0.3) is 0 Å². The number of rotatable bonds is 0. The zero-order valence-electron chi connectivity index (χ0n) is 11.1. The van der Waals surface area contributed by atoms with Crippen molar-refractivity contribution in [3.05, 3.63) is 70.9 Å². The van der Waals surface area contributed by atoms with Crippen LogP contribution in [0.25, 0.3) is 32.6 Å². The van der Waals surface area contributed by atoms with Crippen molar-refractivity contribution in [3.8, 4) is 0 Å². The highest BCUT2D eigenvalue weighted by molar-refractivity contribution is 6.08. The van der Waals surface area contributed by atoms with E-state index in [1.54, 1.807) is 0 Å². The summed E-state index contributed by atoms with van der Waals surface area (Å²) in [5.74, 6) is 0. The van der Waals surface area contributed by atoms with Gasteiger partial charge in [-0.25, -0.2) is 0 Å². The van der Waals surface area contributed by atoms with E-state index in [1.807, 2.05) is 55.6 Å². The van der Waals surface area contributed by atoms with Gasteiger partial charge in [0, 0.05) is 23.2 Å². The van der Waals surface area contributed by atoms with Gasteiger partial charge < -0.3 is 4.57 Å². The van der Waals surface area contributed by atoms with E-state index in [4.69, 9.17) is 0 Å². The first kappa shape index (κ1) is 11.2. The Hall–Kier alpha value is -2.61. The van der Waals surface area contributed by atoms with Crippen LogP contribution in [0.1, 0.15) is 0 Å². The Balaban J connectivity index is 2.42. The third-order valence-corrected chi connectivity index (χ3v) is 3.99. The van der Waals surface area contributed by atoms with Crippen molar-refractivity contribution in [1.82, 2.24) is 4.57 Å². The van der Waals surface area contributed by atoms with Gasteiger partial charge >= 0.3 is 0 Å². The van der Waals surface area contributed by atoms with Gasteiger partial charge in [0.05, 0.1) is 11.0 Å². The Labute approximate surface area is 115 Å². The quantitative estimate of drug-likeness (QED) is 0.347. The van der Waals surface area contributed by atoms with Gasteiger partial charge in [-0.3, -0.25) is 4.79 Å². The molecule has 0 amide bonds. The van der Waals surface area contributed by atoms with E-state index in [0.717, 1.165) is 32.6 Å². The Kier molecular flexibility index (Phi) is 2.21. The summed E-state index contributed by atoms with van der Waals surface area (Å²) in [6.45, 7) is 0. The first-order chi connectivity index (χ1) is 9.77. The van der Waals surface area contributed by atoms with Crippen LogP contribution in [0.15, 0.2) is 65.5 Å². The molecule has 0 aliphatic heterocycles. The van der Waals surface area contributed by atoms with Crippen LogP contribution in [0.3, 0.4) is 0 Å². The Morgan fingerprint density at radius 3 is 2.30 bits per heavy atom. The van der Waals surface area contributed by atoms with Crippen LogP contribution in [-0.2, 0) is 7.05 Å². The lowest BCUT2D eigenvalue weighted by molar-refractivity contribution is 1.01. The van der Waals surface area contributed by atoms with Crippen LogP contribution >= 0.6 is 0 Å². The number of fused-ring (bicyclic) bond motifs is 4. The van der Waals surface area contributed by atoms with Crippen molar-refractivity contribution >= 4 is 32.6 Å². The molecule has 3 aromatic carbocycles. The minimum Gasteiger partial charge on any atom is -0.343 e. The van der Waals surface area contributed by atoms with Gasteiger partial charge in [0.1, 0.15) is 0 Å². The van der Waals surface area contributed by atoms with Crippen LogP contribution in [-0.4, -0.2) is 4.57 Å². The van der Waals surface area contributed by atoms with E-state index < -0.39 is 0 Å².